The Morgan fingerprint density at radius 2 is 1.85 bits per heavy atom. The maximum absolute atomic E-state index is 10.7. The second kappa shape index (κ2) is 4.78. The third-order valence-electron chi connectivity index (χ3n) is 0.511. The van der Waals surface area contributed by atoms with Crippen LogP contribution in [0.4, 0.5) is 0 Å². The molecule has 2 N–H and O–H groups in total. The van der Waals surface area contributed by atoms with Crippen molar-refractivity contribution in [2.45, 2.75) is 0 Å². The lowest BCUT2D eigenvalue weighted by molar-refractivity contribution is 0.267. The van der Waals surface area contributed by atoms with Crippen LogP contribution in [-0.4, -0.2) is 24.5 Å². The Bertz CT molecular complexity index is 279. The van der Waals surface area contributed by atoms with Crippen LogP contribution in [0.1, 0.15) is 0 Å². The minimum absolute atomic E-state index is 0.648. The molecule has 0 aromatic carbocycles. The fraction of sp³-hybridized carbons (Fsp3) is 1.00. The molecule has 3 unspecified atom stereocenters. The normalized spacial score (nSPS) is 21.6. The lowest BCUT2D eigenvalue weighted by Crippen LogP contribution is -1.88. The van der Waals surface area contributed by atoms with E-state index in [4.69, 9.17) is 9.79 Å². The molecule has 0 aromatic heterocycles. The molecule has 0 fully saturated rings. The average molecular weight is 249 g/mol. The van der Waals surface area contributed by atoms with Crippen molar-refractivity contribution in [3.05, 3.63) is 0 Å². The molecule has 74 valence electrons. The maximum Gasteiger partial charge on any atom is 0.690 e. The minimum atomic E-state index is -4.89. The van der Waals surface area contributed by atoms with Gasteiger partial charge in [-0.3, -0.25) is 9.46 Å². The third-order valence-corrected chi connectivity index (χ3v) is 4.08. The zero-order valence-electron chi connectivity index (χ0n) is 6.26. The Morgan fingerprint density at radius 1 is 1.38 bits per heavy atom. The molecule has 0 aromatic rings. The summed E-state index contributed by atoms with van der Waals surface area (Å²) in [6, 6.07) is 0. The van der Waals surface area contributed by atoms with Gasteiger partial charge < -0.3 is 4.89 Å². The van der Waals surface area contributed by atoms with E-state index in [1.54, 1.807) is 0 Å². The Balaban J connectivity index is 4.34. The largest absolute Gasteiger partial charge is 0.690 e. The molecule has 0 saturated heterocycles. The molecule has 0 saturated carbocycles. The predicted octanol–water partition coefficient (Wildman–Crippen LogP) is 0.693. The number of hydrogen-bond donors (Lipinski definition) is 2. The van der Waals surface area contributed by atoms with E-state index in [2.05, 4.69) is 21.1 Å². The van der Waals surface area contributed by atoms with Crippen LogP contribution in [0.25, 0.3) is 0 Å². The van der Waals surface area contributed by atoms with Crippen molar-refractivity contribution in [3.63, 3.8) is 0 Å². The molecular formula is CH5BO8P3+. The number of rotatable bonds is 5. The van der Waals surface area contributed by atoms with E-state index in [0.717, 1.165) is 0 Å². The molecule has 0 spiro atoms. The quantitative estimate of drug-likeness (QED) is 0.539. The molecule has 0 amide bonds. The predicted molar refractivity (Wildman–Crippen MR) is 42.2 cm³/mol. The van der Waals surface area contributed by atoms with Crippen molar-refractivity contribution in [2.75, 3.05) is 6.66 Å². The van der Waals surface area contributed by atoms with Crippen molar-refractivity contribution in [2.24, 2.45) is 0 Å². The van der Waals surface area contributed by atoms with Crippen LogP contribution in [0.15, 0.2) is 0 Å². The van der Waals surface area contributed by atoms with Crippen molar-refractivity contribution in [3.8, 4) is 0 Å². The lowest BCUT2D eigenvalue weighted by Gasteiger charge is -2.06. The van der Waals surface area contributed by atoms with Crippen LogP contribution in [0, 0.1) is 0 Å². The molecule has 0 aliphatic carbocycles. The van der Waals surface area contributed by atoms with Crippen molar-refractivity contribution < 1.29 is 36.5 Å². The summed E-state index contributed by atoms with van der Waals surface area (Å²) in [5.41, 5.74) is 0. The molecule has 12 heteroatoms. The van der Waals surface area contributed by atoms with Crippen LogP contribution in [0.5, 0.6) is 0 Å². The molecule has 2 radical (unpaired) electrons. The van der Waals surface area contributed by atoms with Crippen LogP contribution in [-0.2, 0) is 26.8 Å². The first-order valence-corrected chi connectivity index (χ1v) is 7.16. The van der Waals surface area contributed by atoms with Gasteiger partial charge in [0.25, 0.3) is 0 Å². The highest BCUT2D eigenvalue weighted by Gasteiger charge is 2.40. The van der Waals surface area contributed by atoms with Gasteiger partial charge in [-0.1, -0.05) is 0 Å². The van der Waals surface area contributed by atoms with Gasteiger partial charge in [0, 0.05) is 11.2 Å². The smallest absolute Gasteiger partial charge is 0.324 e. The zero-order valence-corrected chi connectivity index (χ0v) is 8.95. The minimum Gasteiger partial charge on any atom is -0.324 e. The van der Waals surface area contributed by atoms with Gasteiger partial charge in [0.2, 0.25) is 0 Å². The fourth-order valence-electron chi connectivity index (χ4n) is 0.310. The van der Waals surface area contributed by atoms with Gasteiger partial charge in [0.1, 0.15) is 0 Å². The van der Waals surface area contributed by atoms with Gasteiger partial charge in [-0.15, -0.1) is 0 Å². The fourth-order valence-corrected chi connectivity index (χ4v) is 3.06. The molecule has 3 atom stereocenters. The van der Waals surface area contributed by atoms with E-state index in [0.29, 0.717) is 6.66 Å². The first kappa shape index (κ1) is 13.4. The van der Waals surface area contributed by atoms with Gasteiger partial charge in [0.15, 0.2) is 0 Å². The summed E-state index contributed by atoms with van der Waals surface area (Å²) in [6.45, 7) is 0.648. The van der Waals surface area contributed by atoms with Gasteiger partial charge in [0.05, 0.1) is 0 Å². The lowest BCUT2D eigenvalue weighted by atomic mass is 10.6. The Labute approximate surface area is 75.7 Å². The highest BCUT2D eigenvalue weighted by atomic mass is 31.3. The molecular weight excluding hydrogens is 244 g/mol. The molecule has 0 aliphatic rings. The highest BCUT2D eigenvalue weighted by molar-refractivity contribution is 7.66. The summed E-state index contributed by atoms with van der Waals surface area (Å²) < 4.78 is 42.3. The van der Waals surface area contributed by atoms with Gasteiger partial charge in [-0.2, -0.15) is 0 Å². The second-order valence-corrected chi connectivity index (χ2v) is 6.27. The SMILES string of the molecule is [B]O[P+](=O)OP(=O)(O)OP(C)(=O)O. The molecule has 8 nitrogen and oxygen atoms in total. The topological polar surface area (TPSA) is 119 Å². The third kappa shape index (κ3) is 7.49. The number of phosphoric acid groups is 1. The van der Waals surface area contributed by atoms with Crippen molar-refractivity contribution in [1.82, 2.24) is 0 Å². The summed E-state index contributed by atoms with van der Waals surface area (Å²) in [5.74, 6) is 0. The zero-order chi connectivity index (χ0) is 10.7. The summed E-state index contributed by atoms with van der Waals surface area (Å²) in [6.07, 6.45) is 0. The van der Waals surface area contributed by atoms with E-state index >= 15 is 0 Å². The van der Waals surface area contributed by atoms with Gasteiger partial charge in [-0.25, -0.2) is 13.3 Å². The first-order valence-electron chi connectivity index (χ1n) is 2.54. The molecule has 13 heavy (non-hydrogen) atoms. The van der Waals surface area contributed by atoms with Crippen molar-refractivity contribution in [1.29, 1.82) is 0 Å². The van der Waals surface area contributed by atoms with E-state index in [9.17, 15) is 13.7 Å². The van der Waals surface area contributed by atoms with Crippen LogP contribution >= 0.6 is 23.7 Å². The average Bonchev–Trinajstić information content (AvgIpc) is 1.80. The van der Waals surface area contributed by atoms with Crippen molar-refractivity contribution >= 4 is 31.7 Å². The molecule has 0 bridgehead atoms. The Kier molecular flexibility index (Phi) is 4.93. The summed E-state index contributed by atoms with van der Waals surface area (Å²) >= 11 is 0. The maximum atomic E-state index is 10.7. The summed E-state index contributed by atoms with van der Waals surface area (Å²) in [7, 11) is -7.85. The Morgan fingerprint density at radius 3 is 2.15 bits per heavy atom. The molecule has 0 heterocycles. The Hall–Kier alpha value is 0.425. The standard InChI is InChI=1S/CH4BO8P3/c1-12(4,5)10-13(6,7)9-11(3)8-2/h1H3,(H-,4,5,6,7)/p+1. The molecule has 0 rings (SSSR count). The molecule has 0 aliphatic heterocycles. The van der Waals surface area contributed by atoms with Crippen LogP contribution < -0.4 is 0 Å². The highest BCUT2D eigenvalue weighted by Crippen LogP contribution is 2.61. The van der Waals surface area contributed by atoms with E-state index in [1.165, 1.54) is 0 Å². The first-order chi connectivity index (χ1) is 5.66. The van der Waals surface area contributed by atoms with Gasteiger partial charge in [-0.05, 0) is 4.31 Å². The van der Waals surface area contributed by atoms with E-state index < -0.39 is 23.7 Å². The van der Waals surface area contributed by atoms with Crippen LogP contribution in [0.2, 0.25) is 0 Å². The number of hydrogen-bond acceptors (Lipinski definition) is 6. The second-order valence-electron chi connectivity index (χ2n) is 1.76. The van der Waals surface area contributed by atoms with E-state index in [-0.39, 0.29) is 0 Å². The monoisotopic (exact) mass is 249 g/mol. The summed E-state index contributed by atoms with van der Waals surface area (Å²) in [5, 5.41) is 0. The summed E-state index contributed by atoms with van der Waals surface area (Å²) in [4.78, 5) is 17.1. The van der Waals surface area contributed by atoms with Gasteiger partial charge >= 0.3 is 31.7 Å². The van der Waals surface area contributed by atoms with Crippen LogP contribution in [0.3, 0.4) is 0 Å². The van der Waals surface area contributed by atoms with E-state index in [1.807, 2.05) is 0 Å².